The van der Waals surface area contributed by atoms with E-state index in [2.05, 4.69) is 9.62 Å². The average molecular weight is 299 g/mol. The molecule has 0 aromatic heterocycles. The molecule has 20 heavy (non-hydrogen) atoms. The fourth-order valence-electron chi connectivity index (χ4n) is 2.27. The molecule has 1 aliphatic heterocycles. The van der Waals surface area contributed by atoms with Crippen molar-refractivity contribution >= 4 is 15.7 Å². The highest BCUT2D eigenvalue weighted by Gasteiger charge is 2.23. The molecular weight excluding hydrogens is 278 g/mol. The van der Waals surface area contributed by atoms with Crippen molar-refractivity contribution in [2.45, 2.75) is 23.8 Å². The van der Waals surface area contributed by atoms with E-state index in [1.807, 2.05) is 7.05 Å². The van der Waals surface area contributed by atoms with E-state index in [4.69, 9.17) is 10.5 Å². The third-order valence-corrected chi connectivity index (χ3v) is 5.07. The van der Waals surface area contributed by atoms with Crippen LogP contribution in [0.25, 0.3) is 0 Å². The van der Waals surface area contributed by atoms with Gasteiger partial charge in [0, 0.05) is 12.1 Å². The molecule has 1 aromatic rings. The van der Waals surface area contributed by atoms with Crippen molar-refractivity contribution in [3.8, 4) is 5.75 Å². The molecule has 0 bridgehead atoms. The molecule has 0 aliphatic carbocycles. The lowest BCUT2D eigenvalue weighted by atomic mass is 10.1. The van der Waals surface area contributed by atoms with Crippen LogP contribution in [-0.4, -0.2) is 46.6 Å². The van der Waals surface area contributed by atoms with E-state index in [9.17, 15) is 8.42 Å². The number of anilines is 1. The Morgan fingerprint density at radius 2 is 2.00 bits per heavy atom. The van der Waals surface area contributed by atoms with E-state index >= 15 is 0 Å². The second-order valence-corrected chi connectivity index (χ2v) is 6.82. The molecule has 0 amide bonds. The van der Waals surface area contributed by atoms with Crippen LogP contribution in [0.5, 0.6) is 5.75 Å². The number of methoxy groups -OCH3 is 1. The fourth-order valence-corrected chi connectivity index (χ4v) is 3.59. The summed E-state index contributed by atoms with van der Waals surface area (Å²) in [5.74, 6) is 0.372. The molecule has 0 spiro atoms. The Labute approximate surface area is 120 Å². The summed E-state index contributed by atoms with van der Waals surface area (Å²) in [4.78, 5) is 2.37. The maximum absolute atomic E-state index is 12.3. The van der Waals surface area contributed by atoms with Crippen molar-refractivity contribution in [2.75, 3.05) is 33.0 Å². The minimum absolute atomic E-state index is 0.0141. The fraction of sp³-hybridized carbons (Fsp3) is 0.538. The number of piperidine rings is 1. The normalized spacial score (nSPS) is 18.1. The number of hydrogen-bond acceptors (Lipinski definition) is 5. The number of nitrogens with one attached hydrogen (secondary N) is 1. The Morgan fingerprint density at radius 1 is 1.35 bits per heavy atom. The highest BCUT2D eigenvalue weighted by atomic mass is 32.2. The van der Waals surface area contributed by atoms with Crippen molar-refractivity contribution in [3.63, 3.8) is 0 Å². The molecule has 0 saturated carbocycles. The Kier molecular flexibility index (Phi) is 4.52. The Balaban J connectivity index is 2.14. The zero-order valence-electron chi connectivity index (χ0n) is 11.8. The lowest BCUT2D eigenvalue weighted by Crippen LogP contribution is -2.43. The van der Waals surface area contributed by atoms with Crippen LogP contribution in [-0.2, 0) is 10.0 Å². The number of nitrogen functional groups attached to an aromatic ring is 1. The molecule has 6 nitrogen and oxygen atoms in total. The van der Waals surface area contributed by atoms with Crippen molar-refractivity contribution < 1.29 is 13.2 Å². The second-order valence-electron chi connectivity index (χ2n) is 5.10. The van der Waals surface area contributed by atoms with Gasteiger partial charge >= 0.3 is 0 Å². The summed E-state index contributed by atoms with van der Waals surface area (Å²) in [6, 6.07) is 4.48. The maximum atomic E-state index is 12.3. The van der Waals surface area contributed by atoms with Gasteiger partial charge in [-0.2, -0.15) is 0 Å². The molecule has 0 atom stereocenters. The summed E-state index contributed by atoms with van der Waals surface area (Å²) < 4.78 is 32.5. The Bertz CT molecular complexity index is 566. The lowest BCUT2D eigenvalue weighted by molar-refractivity contribution is 0.248. The van der Waals surface area contributed by atoms with Gasteiger partial charge in [-0.1, -0.05) is 0 Å². The molecule has 2 rings (SSSR count). The minimum Gasteiger partial charge on any atom is -0.495 e. The zero-order chi connectivity index (χ0) is 14.8. The van der Waals surface area contributed by atoms with Gasteiger partial charge in [-0.25, -0.2) is 13.1 Å². The standard InChI is InChI=1S/C13H21N3O3S/c1-16-7-5-10(6-8-16)15-20(17,18)11-3-4-12(14)13(9-11)19-2/h3-4,9-10,15H,5-8,14H2,1-2H3. The predicted molar refractivity (Wildman–Crippen MR) is 78.2 cm³/mol. The molecule has 112 valence electrons. The van der Waals surface area contributed by atoms with Gasteiger partial charge in [0.2, 0.25) is 10.0 Å². The van der Waals surface area contributed by atoms with Crippen molar-refractivity contribution in [1.29, 1.82) is 0 Å². The monoisotopic (exact) mass is 299 g/mol. The predicted octanol–water partition coefficient (Wildman–Crippen LogP) is 0.650. The van der Waals surface area contributed by atoms with Crippen molar-refractivity contribution in [2.24, 2.45) is 0 Å². The molecule has 1 fully saturated rings. The number of rotatable bonds is 4. The first-order valence-corrected chi connectivity index (χ1v) is 8.05. The third-order valence-electron chi connectivity index (χ3n) is 3.56. The molecule has 0 unspecified atom stereocenters. The third kappa shape index (κ3) is 3.41. The molecular formula is C13H21N3O3S. The van der Waals surface area contributed by atoms with Gasteiger partial charge < -0.3 is 15.4 Å². The molecule has 1 aliphatic rings. The van der Waals surface area contributed by atoms with E-state index in [1.54, 1.807) is 6.07 Å². The largest absolute Gasteiger partial charge is 0.495 e. The van der Waals surface area contributed by atoms with Gasteiger partial charge in [-0.15, -0.1) is 0 Å². The summed E-state index contributed by atoms with van der Waals surface area (Å²) in [5.41, 5.74) is 6.12. The van der Waals surface area contributed by atoms with Crippen LogP contribution >= 0.6 is 0 Å². The van der Waals surface area contributed by atoms with Gasteiger partial charge in [0.25, 0.3) is 0 Å². The molecule has 1 aromatic carbocycles. The quantitative estimate of drug-likeness (QED) is 0.797. The first kappa shape index (κ1) is 15.1. The Hall–Kier alpha value is -1.31. The van der Waals surface area contributed by atoms with Crippen LogP contribution in [0.2, 0.25) is 0 Å². The SMILES string of the molecule is COc1cc(S(=O)(=O)NC2CCN(C)CC2)ccc1N. The number of benzene rings is 1. The van der Waals surface area contributed by atoms with E-state index in [1.165, 1.54) is 19.2 Å². The summed E-state index contributed by atoms with van der Waals surface area (Å²) in [6.07, 6.45) is 1.64. The van der Waals surface area contributed by atoms with E-state index in [0.29, 0.717) is 11.4 Å². The van der Waals surface area contributed by atoms with Crippen LogP contribution in [0.4, 0.5) is 5.69 Å². The number of likely N-dealkylation sites (tertiary alicyclic amines) is 1. The van der Waals surface area contributed by atoms with Gasteiger partial charge in [0.15, 0.2) is 0 Å². The molecule has 1 saturated heterocycles. The number of nitrogens with zero attached hydrogens (tertiary/aromatic N) is 1. The van der Waals surface area contributed by atoms with Gasteiger partial charge in [0.05, 0.1) is 17.7 Å². The summed E-state index contributed by atoms with van der Waals surface area (Å²) in [7, 11) is -0.0288. The first-order valence-electron chi connectivity index (χ1n) is 6.57. The Morgan fingerprint density at radius 3 is 2.60 bits per heavy atom. The van der Waals surface area contributed by atoms with Crippen LogP contribution in [0.1, 0.15) is 12.8 Å². The van der Waals surface area contributed by atoms with Crippen molar-refractivity contribution in [1.82, 2.24) is 9.62 Å². The molecule has 0 radical (unpaired) electrons. The molecule has 3 N–H and O–H groups in total. The van der Waals surface area contributed by atoms with E-state index in [0.717, 1.165) is 25.9 Å². The maximum Gasteiger partial charge on any atom is 0.240 e. The van der Waals surface area contributed by atoms with Gasteiger partial charge in [-0.05, 0) is 45.1 Å². The smallest absolute Gasteiger partial charge is 0.240 e. The second kappa shape index (κ2) is 5.99. The average Bonchev–Trinajstić information content (AvgIpc) is 2.41. The highest BCUT2D eigenvalue weighted by molar-refractivity contribution is 7.89. The number of ether oxygens (including phenoxy) is 1. The van der Waals surface area contributed by atoms with Crippen LogP contribution in [0.15, 0.2) is 23.1 Å². The highest BCUT2D eigenvalue weighted by Crippen LogP contribution is 2.25. The number of sulfonamides is 1. The van der Waals surface area contributed by atoms with Gasteiger partial charge in [0.1, 0.15) is 5.75 Å². The van der Waals surface area contributed by atoms with Crippen LogP contribution in [0.3, 0.4) is 0 Å². The van der Waals surface area contributed by atoms with Crippen molar-refractivity contribution in [3.05, 3.63) is 18.2 Å². The van der Waals surface area contributed by atoms with E-state index in [-0.39, 0.29) is 10.9 Å². The molecule has 1 heterocycles. The topological polar surface area (TPSA) is 84.7 Å². The first-order chi connectivity index (χ1) is 9.42. The summed E-state index contributed by atoms with van der Waals surface area (Å²) in [6.45, 7) is 1.80. The van der Waals surface area contributed by atoms with Gasteiger partial charge in [-0.3, -0.25) is 0 Å². The number of hydrogen-bond donors (Lipinski definition) is 2. The molecule has 7 heteroatoms. The van der Waals surface area contributed by atoms with Crippen LogP contribution in [0, 0.1) is 0 Å². The summed E-state index contributed by atoms with van der Waals surface area (Å²) in [5, 5.41) is 0. The lowest BCUT2D eigenvalue weighted by Gasteiger charge is -2.29. The zero-order valence-corrected chi connectivity index (χ0v) is 12.6. The van der Waals surface area contributed by atoms with Crippen LogP contribution < -0.4 is 15.2 Å². The minimum atomic E-state index is -3.53. The summed E-state index contributed by atoms with van der Waals surface area (Å²) >= 11 is 0. The van der Waals surface area contributed by atoms with E-state index < -0.39 is 10.0 Å². The number of nitrogens with two attached hydrogens (primary N) is 1.